The quantitative estimate of drug-likeness (QED) is 0.792. The van der Waals surface area contributed by atoms with Crippen molar-refractivity contribution in [2.24, 2.45) is 0 Å². The number of halogens is 1. The molecule has 0 aliphatic rings. The van der Waals surface area contributed by atoms with Crippen molar-refractivity contribution in [1.29, 1.82) is 0 Å². The van der Waals surface area contributed by atoms with E-state index in [4.69, 9.17) is 4.74 Å². The monoisotopic (exact) mass is 331 g/mol. The van der Waals surface area contributed by atoms with Crippen LogP contribution in [-0.4, -0.2) is 43.0 Å². The van der Waals surface area contributed by atoms with E-state index in [0.29, 0.717) is 18.1 Å². The van der Waals surface area contributed by atoms with Gasteiger partial charge in [0.25, 0.3) is 0 Å². The molecule has 0 fully saturated rings. The maximum atomic E-state index is 14.0. The lowest BCUT2D eigenvalue weighted by Crippen LogP contribution is -2.15. The van der Waals surface area contributed by atoms with Crippen LogP contribution in [0, 0.1) is 5.82 Å². The Kier molecular flexibility index (Phi) is 6.26. The average Bonchev–Trinajstić information content (AvgIpc) is 2.53. The van der Waals surface area contributed by atoms with Crippen molar-refractivity contribution in [2.45, 2.75) is 13.3 Å². The Morgan fingerprint density at radius 1 is 1.25 bits per heavy atom. The van der Waals surface area contributed by atoms with Crippen molar-refractivity contribution in [3.05, 3.63) is 42.3 Å². The molecule has 128 valence electrons. The van der Waals surface area contributed by atoms with Gasteiger partial charge in [-0.3, -0.25) is 4.79 Å². The molecule has 6 heteroatoms. The first-order valence-corrected chi connectivity index (χ1v) is 7.77. The van der Waals surface area contributed by atoms with Gasteiger partial charge in [0.05, 0.1) is 12.3 Å². The number of benzene rings is 1. The smallest absolute Gasteiger partial charge is 0.221 e. The highest BCUT2D eigenvalue weighted by molar-refractivity contribution is 5.89. The van der Waals surface area contributed by atoms with Gasteiger partial charge < -0.3 is 15.0 Å². The molecule has 0 saturated heterocycles. The zero-order valence-electron chi connectivity index (χ0n) is 14.2. The fourth-order valence-electron chi connectivity index (χ4n) is 2.18. The highest BCUT2D eigenvalue weighted by Gasteiger charge is 2.07. The minimum atomic E-state index is -0.480. The summed E-state index contributed by atoms with van der Waals surface area (Å²) in [4.78, 5) is 17.3. The molecule has 2 aromatic rings. The second-order valence-electron chi connectivity index (χ2n) is 5.77. The average molecular weight is 331 g/mol. The standard InChI is InChI=1S/C18H22FN3O2/c1-13(23)21-17-7-5-14(11-16(17)19)15-6-8-18(20-12-15)24-10-4-9-22(2)3/h5-8,11-12H,4,9-10H2,1-3H3,(H,21,23). The third-order valence-electron chi connectivity index (χ3n) is 3.35. The van der Waals surface area contributed by atoms with Crippen molar-refractivity contribution in [1.82, 2.24) is 9.88 Å². The zero-order valence-corrected chi connectivity index (χ0v) is 14.2. The molecule has 0 bridgehead atoms. The molecule has 5 nitrogen and oxygen atoms in total. The van der Waals surface area contributed by atoms with Crippen LogP contribution in [0.5, 0.6) is 5.88 Å². The molecule has 0 spiro atoms. The van der Waals surface area contributed by atoms with Crippen molar-refractivity contribution >= 4 is 11.6 Å². The molecule has 1 aromatic carbocycles. The Balaban J connectivity index is 2.00. The molecule has 0 aliphatic carbocycles. The summed E-state index contributed by atoms with van der Waals surface area (Å²) in [5.41, 5.74) is 1.64. The van der Waals surface area contributed by atoms with Gasteiger partial charge in [-0.2, -0.15) is 0 Å². The first-order valence-electron chi connectivity index (χ1n) is 7.77. The molecule has 1 amide bonds. The number of anilines is 1. The highest BCUT2D eigenvalue weighted by Crippen LogP contribution is 2.25. The molecule has 0 saturated carbocycles. The van der Waals surface area contributed by atoms with Gasteiger partial charge in [0, 0.05) is 31.3 Å². The van der Waals surface area contributed by atoms with Crippen LogP contribution < -0.4 is 10.1 Å². The minimum absolute atomic E-state index is 0.167. The fourth-order valence-corrected chi connectivity index (χ4v) is 2.18. The highest BCUT2D eigenvalue weighted by atomic mass is 19.1. The molecule has 0 unspecified atom stereocenters. The Morgan fingerprint density at radius 2 is 2.00 bits per heavy atom. The Labute approximate surface area is 141 Å². The second kappa shape index (κ2) is 8.40. The summed E-state index contributed by atoms with van der Waals surface area (Å²) in [6, 6.07) is 8.26. The van der Waals surface area contributed by atoms with Gasteiger partial charge in [0.1, 0.15) is 5.82 Å². The van der Waals surface area contributed by atoms with Crippen molar-refractivity contribution in [3.63, 3.8) is 0 Å². The number of ether oxygens (including phenoxy) is 1. The Bertz CT molecular complexity index is 687. The Hall–Kier alpha value is -2.47. The van der Waals surface area contributed by atoms with E-state index in [1.54, 1.807) is 18.3 Å². The van der Waals surface area contributed by atoms with Crippen molar-refractivity contribution in [3.8, 4) is 17.0 Å². The van der Waals surface area contributed by atoms with Gasteiger partial charge >= 0.3 is 0 Å². The summed E-state index contributed by atoms with van der Waals surface area (Å²) in [5.74, 6) is -0.237. The summed E-state index contributed by atoms with van der Waals surface area (Å²) in [6.07, 6.45) is 2.57. The van der Waals surface area contributed by atoms with Gasteiger partial charge in [-0.1, -0.05) is 6.07 Å². The van der Waals surface area contributed by atoms with Crippen LogP contribution in [0.3, 0.4) is 0 Å². The number of nitrogens with one attached hydrogen (secondary N) is 1. The third kappa shape index (κ3) is 5.31. The van der Waals surface area contributed by atoms with E-state index in [-0.39, 0.29) is 11.6 Å². The number of aromatic nitrogens is 1. The fraction of sp³-hybridized carbons (Fsp3) is 0.333. The van der Waals surface area contributed by atoms with Gasteiger partial charge in [-0.05, 0) is 44.3 Å². The van der Waals surface area contributed by atoms with Crippen LogP contribution in [0.1, 0.15) is 13.3 Å². The van der Waals surface area contributed by atoms with E-state index in [0.717, 1.165) is 18.5 Å². The normalized spacial score (nSPS) is 10.7. The maximum Gasteiger partial charge on any atom is 0.221 e. The van der Waals surface area contributed by atoms with E-state index in [9.17, 15) is 9.18 Å². The van der Waals surface area contributed by atoms with E-state index in [1.165, 1.54) is 19.1 Å². The Morgan fingerprint density at radius 3 is 2.58 bits per heavy atom. The number of amides is 1. The van der Waals surface area contributed by atoms with E-state index >= 15 is 0 Å². The molecule has 0 radical (unpaired) electrons. The van der Waals surface area contributed by atoms with E-state index in [2.05, 4.69) is 15.2 Å². The van der Waals surface area contributed by atoms with Gasteiger partial charge in [-0.15, -0.1) is 0 Å². The van der Waals surface area contributed by atoms with E-state index < -0.39 is 5.82 Å². The van der Waals surface area contributed by atoms with Crippen LogP contribution in [-0.2, 0) is 4.79 Å². The summed E-state index contributed by atoms with van der Waals surface area (Å²) in [7, 11) is 4.03. The van der Waals surface area contributed by atoms with Crippen LogP contribution in [0.25, 0.3) is 11.1 Å². The number of carbonyl (C=O) groups is 1. The van der Waals surface area contributed by atoms with Gasteiger partial charge in [-0.25, -0.2) is 9.37 Å². The minimum Gasteiger partial charge on any atom is -0.478 e. The number of rotatable bonds is 7. The summed E-state index contributed by atoms with van der Waals surface area (Å²) in [6.45, 7) is 2.90. The predicted molar refractivity (Wildman–Crippen MR) is 92.6 cm³/mol. The topological polar surface area (TPSA) is 54.5 Å². The van der Waals surface area contributed by atoms with E-state index in [1.807, 2.05) is 20.2 Å². The molecule has 0 aliphatic heterocycles. The zero-order chi connectivity index (χ0) is 17.5. The molecule has 1 aromatic heterocycles. The number of hydrogen-bond acceptors (Lipinski definition) is 4. The summed E-state index contributed by atoms with van der Waals surface area (Å²) >= 11 is 0. The molecule has 1 heterocycles. The predicted octanol–water partition coefficient (Wildman–Crippen LogP) is 3.18. The number of pyridine rings is 1. The molecule has 24 heavy (non-hydrogen) atoms. The summed E-state index contributed by atoms with van der Waals surface area (Å²) < 4.78 is 19.6. The SMILES string of the molecule is CC(=O)Nc1ccc(-c2ccc(OCCCN(C)C)nc2)cc1F. The lowest BCUT2D eigenvalue weighted by Gasteiger charge is -2.10. The van der Waals surface area contributed by atoms with Crippen molar-refractivity contribution in [2.75, 3.05) is 32.6 Å². The molecule has 1 N–H and O–H groups in total. The molecular formula is C18H22FN3O2. The van der Waals surface area contributed by atoms with Crippen LogP contribution in [0.4, 0.5) is 10.1 Å². The summed E-state index contributed by atoms with van der Waals surface area (Å²) in [5, 5.41) is 2.44. The van der Waals surface area contributed by atoms with Crippen LogP contribution in [0.15, 0.2) is 36.5 Å². The largest absolute Gasteiger partial charge is 0.478 e. The molecular weight excluding hydrogens is 309 g/mol. The first-order chi connectivity index (χ1) is 11.5. The maximum absolute atomic E-state index is 14.0. The lowest BCUT2D eigenvalue weighted by molar-refractivity contribution is -0.114. The van der Waals surface area contributed by atoms with Crippen LogP contribution >= 0.6 is 0 Å². The van der Waals surface area contributed by atoms with Crippen LogP contribution in [0.2, 0.25) is 0 Å². The second-order valence-corrected chi connectivity index (χ2v) is 5.77. The number of carbonyl (C=O) groups excluding carboxylic acids is 1. The van der Waals surface area contributed by atoms with Crippen molar-refractivity contribution < 1.29 is 13.9 Å². The van der Waals surface area contributed by atoms with Gasteiger partial charge in [0.2, 0.25) is 11.8 Å². The third-order valence-corrected chi connectivity index (χ3v) is 3.35. The number of hydrogen-bond donors (Lipinski definition) is 1. The number of nitrogens with zero attached hydrogens (tertiary/aromatic N) is 2. The first kappa shape index (κ1) is 17.9. The molecule has 0 atom stereocenters. The molecule has 2 rings (SSSR count). The lowest BCUT2D eigenvalue weighted by atomic mass is 10.1. The van der Waals surface area contributed by atoms with Gasteiger partial charge in [0.15, 0.2) is 0 Å².